The summed E-state index contributed by atoms with van der Waals surface area (Å²) in [5.74, 6) is 1.08. The molecule has 2 nitrogen and oxygen atoms in total. The maximum Gasteiger partial charge on any atom is 0.0590 e. The van der Waals surface area contributed by atoms with Gasteiger partial charge in [0.1, 0.15) is 0 Å². The maximum absolute atomic E-state index is 5.64. The van der Waals surface area contributed by atoms with Gasteiger partial charge >= 0.3 is 0 Å². The smallest absolute Gasteiger partial charge is 0.0590 e. The summed E-state index contributed by atoms with van der Waals surface area (Å²) in [5.41, 5.74) is 0. The fourth-order valence-corrected chi connectivity index (χ4v) is 2.45. The van der Waals surface area contributed by atoms with Gasteiger partial charge in [0.2, 0.25) is 0 Å². The van der Waals surface area contributed by atoms with Crippen LogP contribution < -0.4 is 5.32 Å². The summed E-state index contributed by atoms with van der Waals surface area (Å²) in [5, 5.41) is 3.61. The first-order valence-electron chi connectivity index (χ1n) is 6.69. The molecule has 1 saturated heterocycles. The summed E-state index contributed by atoms with van der Waals surface area (Å²) in [6.07, 6.45) is 10.1. The first kappa shape index (κ1) is 11.4. The van der Waals surface area contributed by atoms with Gasteiger partial charge in [0, 0.05) is 12.6 Å². The van der Waals surface area contributed by atoms with E-state index in [9.17, 15) is 0 Å². The topological polar surface area (TPSA) is 21.3 Å². The summed E-state index contributed by atoms with van der Waals surface area (Å²) in [7, 11) is 0. The van der Waals surface area contributed by atoms with Crippen molar-refractivity contribution in [3.63, 3.8) is 0 Å². The predicted molar refractivity (Wildman–Crippen MR) is 63.0 cm³/mol. The second-order valence-electron chi connectivity index (χ2n) is 5.31. The highest BCUT2D eigenvalue weighted by molar-refractivity contribution is 4.75. The van der Waals surface area contributed by atoms with E-state index in [2.05, 4.69) is 12.2 Å². The van der Waals surface area contributed by atoms with Gasteiger partial charge < -0.3 is 10.1 Å². The van der Waals surface area contributed by atoms with Gasteiger partial charge in [-0.25, -0.2) is 0 Å². The van der Waals surface area contributed by atoms with Crippen LogP contribution in [0, 0.1) is 5.92 Å². The van der Waals surface area contributed by atoms with Crippen LogP contribution in [0.25, 0.3) is 0 Å². The Morgan fingerprint density at radius 2 is 2.20 bits per heavy atom. The van der Waals surface area contributed by atoms with Crippen LogP contribution >= 0.6 is 0 Å². The van der Waals surface area contributed by atoms with E-state index in [1.54, 1.807) is 0 Å². The molecule has 1 aliphatic heterocycles. The lowest BCUT2D eigenvalue weighted by atomic mass is 10.1. The lowest BCUT2D eigenvalue weighted by Gasteiger charge is -2.17. The van der Waals surface area contributed by atoms with Crippen LogP contribution in [-0.4, -0.2) is 25.3 Å². The zero-order chi connectivity index (χ0) is 10.5. The average Bonchev–Trinajstić information content (AvgIpc) is 2.91. The van der Waals surface area contributed by atoms with Gasteiger partial charge in [-0.3, -0.25) is 0 Å². The van der Waals surface area contributed by atoms with Crippen LogP contribution in [0.15, 0.2) is 0 Å². The van der Waals surface area contributed by atoms with Crippen molar-refractivity contribution in [2.75, 3.05) is 13.2 Å². The van der Waals surface area contributed by atoms with Gasteiger partial charge in [0.25, 0.3) is 0 Å². The van der Waals surface area contributed by atoms with Crippen LogP contribution in [0.3, 0.4) is 0 Å². The molecule has 0 aromatic carbocycles. The Bertz CT molecular complexity index is 173. The van der Waals surface area contributed by atoms with E-state index in [0.29, 0.717) is 12.1 Å². The van der Waals surface area contributed by atoms with Crippen LogP contribution in [0.5, 0.6) is 0 Å². The normalized spacial score (nSPS) is 28.2. The standard InChI is InChI=1S/C13H25NO/c1-11(10-13-5-3-9-15-13)14-8-2-4-12-6-7-12/h11-14H,2-10H2,1H3. The molecule has 15 heavy (non-hydrogen) atoms. The predicted octanol–water partition coefficient (Wildman–Crippen LogP) is 2.72. The largest absolute Gasteiger partial charge is 0.378 e. The molecule has 2 fully saturated rings. The molecule has 1 heterocycles. The fraction of sp³-hybridized carbons (Fsp3) is 1.00. The summed E-state index contributed by atoms with van der Waals surface area (Å²) in [4.78, 5) is 0. The van der Waals surface area contributed by atoms with E-state index in [1.165, 1.54) is 51.5 Å². The van der Waals surface area contributed by atoms with Crippen molar-refractivity contribution >= 4 is 0 Å². The number of hydrogen-bond donors (Lipinski definition) is 1. The van der Waals surface area contributed by atoms with E-state index in [4.69, 9.17) is 4.74 Å². The number of hydrogen-bond acceptors (Lipinski definition) is 2. The van der Waals surface area contributed by atoms with E-state index in [0.717, 1.165) is 12.5 Å². The third-order valence-corrected chi connectivity index (χ3v) is 3.62. The van der Waals surface area contributed by atoms with Gasteiger partial charge in [-0.2, -0.15) is 0 Å². The third-order valence-electron chi connectivity index (χ3n) is 3.62. The highest BCUT2D eigenvalue weighted by atomic mass is 16.5. The van der Waals surface area contributed by atoms with Gasteiger partial charge in [-0.15, -0.1) is 0 Å². The molecule has 88 valence electrons. The van der Waals surface area contributed by atoms with Crippen LogP contribution in [0.4, 0.5) is 0 Å². The Balaban J connectivity index is 1.45. The van der Waals surface area contributed by atoms with Crippen LogP contribution in [0.1, 0.15) is 51.9 Å². The fourth-order valence-electron chi connectivity index (χ4n) is 2.45. The first-order valence-corrected chi connectivity index (χ1v) is 6.69. The highest BCUT2D eigenvalue weighted by Crippen LogP contribution is 2.33. The van der Waals surface area contributed by atoms with Crippen molar-refractivity contribution in [1.82, 2.24) is 5.32 Å². The summed E-state index contributed by atoms with van der Waals surface area (Å²) in [6, 6.07) is 0.632. The molecular weight excluding hydrogens is 186 g/mol. The Kier molecular flexibility index (Phi) is 4.45. The molecule has 0 spiro atoms. The third kappa shape index (κ3) is 4.52. The number of ether oxygens (including phenoxy) is 1. The molecule has 2 atom stereocenters. The molecule has 1 N–H and O–H groups in total. The van der Waals surface area contributed by atoms with Crippen molar-refractivity contribution in [3.8, 4) is 0 Å². The maximum atomic E-state index is 5.64. The first-order chi connectivity index (χ1) is 7.34. The lowest BCUT2D eigenvalue weighted by Crippen LogP contribution is -2.30. The van der Waals surface area contributed by atoms with E-state index in [1.807, 2.05) is 0 Å². The number of nitrogens with one attached hydrogen (secondary N) is 1. The Morgan fingerprint density at radius 3 is 2.87 bits per heavy atom. The molecule has 0 amide bonds. The monoisotopic (exact) mass is 211 g/mol. The van der Waals surface area contributed by atoms with E-state index >= 15 is 0 Å². The van der Waals surface area contributed by atoms with E-state index < -0.39 is 0 Å². The van der Waals surface area contributed by atoms with Crippen molar-refractivity contribution in [3.05, 3.63) is 0 Å². The zero-order valence-corrected chi connectivity index (χ0v) is 10.0. The average molecular weight is 211 g/mol. The summed E-state index contributed by atoms with van der Waals surface area (Å²) in [6.45, 7) is 4.47. The lowest BCUT2D eigenvalue weighted by molar-refractivity contribution is 0.0963. The second-order valence-corrected chi connectivity index (χ2v) is 5.31. The van der Waals surface area contributed by atoms with Crippen LogP contribution in [0.2, 0.25) is 0 Å². The van der Waals surface area contributed by atoms with Crippen molar-refractivity contribution in [2.24, 2.45) is 5.92 Å². The van der Waals surface area contributed by atoms with Gasteiger partial charge in [-0.05, 0) is 51.5 Å². The molecule has 0 bridgehead atoms. The molecule has 0 aromatic rings. The van der Waals surface area contributed by atoms with Crippen LogP contribution in [-0.2, 0) is 4.74 Å². The van der Waals surface area contributed by atoms with Gasteiger partial charge in [-0.1, -0.05) is 12.8 Å². The molecule has 1 aliphatic carbocycles. The molecule has 2 aliphatic rings. The molecule has 2 heteroatoms. The quantitative estimate of drug-likeness (QED) is 0.654. The minimum atomic E-state index is 0.538. The second kappa shape index (κ2) is 5.86. The molecular formula is C13H25NO. The van der Waals surface area contributed by atoms with Crippen molar-refractivity contribution < 1.29 is 4.74 Å². The minimum Gasteiger partial charge on any atom is -0.378 e. The molecule has 0 aromatic heterocycles. The Labute approximate surface area is 93.8 Å². The highest BCUT2D eigenvalue weighted by Gasteiger charge is 2.20. The van der Waals surface area contributed by atoms with Crippen molar-refractivity contribution in [2.45, 2.75) is 64.0 Å². The molecule has 1 saturated carbocycles. The molecule has 2 rings (SSSR count). The summed E-state index contributed by atoms with van der Waals surface area (Å²) >= 11 is 0. The van der Waals surface area contributed by atoms with E-state index in [-0.39, 0.29) is 0 Å². The SMILES string of the molecule is CC(CC1CCCO1)NCCCC1CC1. The summed E-state index contributed by atoms with van der Waals surface area (Å²) < 4.78 is 5.64. The molecule has 0 radical (unpaired) electrons. The zero-order valence-electron chi connectivity index (χ0n) is 10.0. The van der Waals surface area contributed by atoms with Gasteiger partial charge in [0.15, 0.2) is 0 Å². The molecule has 2 unspecified atom stereocenters. The van der Waals surface area contributed by atoms with Gasteiger partial charge in [0.05, 0.1) is 6.10 Å². The Hall–Kier alpha value is -0.0800. The minimum absolute atomic E-state index is 0.538. The number of rotatable bonds is 7. The Morgan fingerprint density at radius 1 is 1.33 bits per heavy atom. The van der Waals surface area contributed by atoms with Crippen molar-refractivity contribution in [1.29, 1.82) is 0 Å².